The molecule has 1 aromatic rings. The number of benzene rings is 1. The number of rotatable bonds is 5. The summed E-state index contributed by atoms with van der Waals surface area (Å²) in [6, 6.07) is 6.91. The zero-order chi connectivity index (χ0) is 14.4. The molecule has 3 N–H and O–H groups in total. The van der Waals surface area contributed by atoms with Crippen LogP contribution in [-0.4, -0.2) is 42.8 Å². The zero-order valence-corrected chi connectivity index (χ0v) is 11.1. The van der Waals surface area contributed by atoms with E-state index in [-0.39, 0.29) is 18.4 Å². The van der Waals surface area contributed by atoms with Crippen molar-refractivity contribution in [3.05, 3.63) is 29.8 Å². The number of anilines is 1. The standard InChI is InChI=1S/C14H18N2O4/c17-13(8-12-9-20-5-4-15-12)16-11-3-1-2-10(6-11)7-14(18)19/h1-3,6,12,15H,4-5,7-9H2,(H,16,17)(H,18,19). The van der Waals surface area contributed by atoms with E-state index in [4.69, 9.17) is 9.84 Å². The third-order valence-electron chi connectivity index (χ3n) is 3.00. The van der Waals surface area contributed by atoms with Crippen LogP contribution in [0.15, 0.2) is 24.3 Å². The highest BCUT2D eigenvalue weighted by Crippen LogP contribution is 2.12. The number of carboxylic acids is 1. The Labute approximate surface area is 117 Å². The average molecular weight is 278 g/mol. The lowest BCUT2D eigenvalue weighted by Gasteiger charge is -2.23. The highest BCUT2D eigenvalue weighted by atomic mass is 16.5. The van der Waals surface area contributed by atoms with E-state index in [2.05, 4.69) is 10.6 Å². The number of carbonyl (C=O) groups is 2. The van der Waals surface area contributed by atoms with Crippen molar-refractivity contribution in [2.24, 2.45) is 0 Å². The predicted molar refractivity (Wildman–Crippen MR) is 73.6 cm³/mol. The Bertz CT molecular complexity index is 484. The van der Waals surface area contributed by atoms with Gasteiger partial charge in [-0.2, -0.15) is 0 Å². The maximum atomic E-state index is 11.9. The maximum absolute atomic E-state index is 11.9. The fourth-order valence-corrected chi connectivity index (χ4v) is 2.12. The van der Waals surface area contributed by atoms with E-state index in [0.29, 0.717) is 30.9 Å². The summed E-state index contributed by atoms with van der Waals surface area (Å²) in [5.41, 5.74) is 1.28. The van der Waals surface area contributed by atoms with Crippen LogP contribution in [0.1, 0.15) is 12.0 Å². The minimum absolute atomic E-state index is 0.0333. The Morgan fingerprint density at radius 2 is 2.30 bits per heavy atom. The highest BCUT2D eigenvalue weighted by molar-refractivity contribution is 5.91. The second-order valence-corrected chi connectivity index (χ2v) is 4.75. The molecule has 0 aromatic heterocycles. The highest BCUT2D eigenvalue weighted by Gasteiger charge is 2.16. The van der Waals surface area contributed by atoms with E-state index in [0.717, 1.165) is 6.54 Å². The molecule has 0 radical (unpaired) electrons. The Morgan fingerprint density at radius 1 is 1.45 bits per heavy atom. The Kier molecular flexibility index (Phi) is 5.09. The summed E-state index contributed by atoms with van der Waals surface area (Å²) in [6.07, 6.45) is 0.283. The second kappa shape index (κ2) is 7.02. The van der Waals surface area contributed by atoms with Crippen LogP contribution in [0.4, 0.5) is 5.69 Å². The maximum Gasteiger partial charge on any atom is 0.307 e. The number of nitrogens with one attached hydrogen (secondary N) is 2. The van der Waals surface area contributed by atoms with Crippen molar-refractivity contribution in [1.29, 1.82) is 0 Å². The first-order chi connectivity index (χ1) is 9.63. The molecule has 1 aromatic carbocycles. The van der Waals surface area contributed by atoms with Gasteiger partial charge in [0.15, 0.2) is 0 Å². The molecule has 1 aliphatic rings. The van der Waals surface area contributed by atoms with Gasteiger partial charge in [0, 0.05) is 24.7 Å². The molecule has 0 spiro atoms. The number of hydrogen-bond acceptors (Lipinski definition) is 4. The molecular formula is C14H18N2O4. The van der Waals surface area contributed by atoms with Gasteiger partial charge in [-0.3, -0.25) is 9.59 Å². The number of carboxylic acid groups (broad SMARTS) is 1. The lowest BCUT2D eigenvalue weighted by Crippen LogP contribution is -2.43. The molecule has 108 valence electrons. The van der Waals surface area contributed by atoms with Crippen LogP contribution < -0.4 is 10.6 Å². The van der Waals surface area contributed by atoms with Gasteiger partial charge >= 0.3 is 5.97 Å². The van der Waals surface area contributed by atoms with Gasteiger partial charge in [-0.1, -0.05) is 12.1 Å². The van der Waals surface area contributed by atoms with Crippen molar-refractivity contribution in [3.8, 4) is 0 Å². The summed E-state index contributed by atoms with van der Waals surface area (Å²) in [7, 11) is 0. The van der Waals surface area contributed by atoms with Crippen LogP contribution in [0.5, 0.6) is 0 Å². The van der Waals surface area contributed by atoms with E-state index in [1.54, 1.807) is 24.3 Å². The fraction of sp³-hybridized carbons (Fsp3) is 0.429. The van der Waals surface area contributed by atoms with Crippen LogP contribution in [0.25, 0.3) is 0 Å². The first-order valence-corrected chi connectivity index (χ1v) is 6.55. The molecule has 0 saturated carbocycles. The minimum atomic E-state index is -0.892. The molecule has 1 aliphatic heterocycles. The molecule has 6 nitrogen and oxygen atoms in total. The van der Waals surface area contributed by atoms with E-state index in [1.807, 2.05) is 0 Å². The van der Waals surface area contributed by atoms with Gasteiger partial charge in [-0.25, -0.2) is 0 Å². The molecule has 6 heteroatoms. The average Bonchev–Trinajstić information content (AvgIpc) is 2.39. The Hall–Kier alpha value is -1.92. The SMILES string of the molecule is O=C(O)Cc1cccc(NC(=O)CC2COCCN2)c1. The number of ether oxygens (including phenoxy) is 1. The quantitative estimate of drug-likeness (QED) is 0.735. The van der Waals surface area contributed by atoms with Gasteiger partial charge < -0.3 is 20.5 Å². The van der Waals surface area contributed by atoms with Gasteiger partial charge in [0.05, 0.1) is 19.6 Å². The summed E-state index contributed by atoms with van der Waals surface area (Å²) < 4.78 is 5.29. The molecule has 1 amide bonds. The number of morpholine rings is 1. The number of amides is 1. The molecule has 2 rings (SSSR count). The van der Waals surface area contributed by atoms with Crippen molar-refractivity contribution in [2.75, 3.05) is 25.1 Å². The predicted octanol–water partition coefficient (Wildman–Crippen LogP) is 0.631. The molecule has 1 fully saturated rings. The van der Waals surface area contributed by atoms with Crippen molar-refractivity contribution in [1.82, 2.24) is 5.32 Å². The molecule has 0 aliphatic carbocycles. The van der Waals surface area contributed by atoms with E-state index >= 15 is 0 Å². The van der Waals surface area contributed by atoms with Gasteiger partial charge in [0.1, 0.15) is 0 Å². The molecular weight excluding hydrogens is 260 g/mol. The fourth-order valence-electron chi connectivity index (χ4n) is 2.12. The summed E-state index contributed by atoms with van der Waals surface area (Å²) in [4.78, 5) is 22.5. The molecule has 1 atom stereocenters. The van der Waals surface area contributed by atoms with Crippen LogP contribution in [0.3, 0.4) is 0 Å². The Morgan fingerprint density at radius 3 is 3.00 bits per heavy atom. The summed E-state index contributed by atoms with van der Waals surface area (Å²) in [6.45, 7) is 1.97. The van der Waals surface area contributed by atoms with Gasteiger partial charge in [-0.05, 0) is 17.7 Å². The molecule has 0 bridgehead atoms. The minimum Gasteiger partial charge on any atom is -0.481 e. The molecule has 1 heterocycles. The van der Waals surface area contributed by atoms with E-state index in [1.165, 1.54) is 0 Å². The van der Waals surface area contributed by atoms with Crippen molar-refractivity contribution in [3.63, 3.8) is 0 Å². The molecule has 1 unspecified atom stereocenters. The van der Waals surface area contributed by atoms with Crippen molar-refractivity contribution >= 4 is 17.6 Å². The number of carbonyl (C=O) groups excluding carboxylic acids is 1. The first-order valence-electron chi connectivity index (χ1n) is 6.55. The summed E-state index contributed by atoms with van der Waals surface area (Å²) in [5.74, 6) is -1.00. The normalized spacial score (nSPS) is 18.5. The zero-order valence-electron chi connectivity index (χ0n) is 11.1. The third-order valence-corrected chi connectivity index (χ3v) is 3.00. The topological polar surface area (TPSA) is 87.7 Å². The largest absolute Gasteiger partial charge is 0.481 e. The number of aliphatic carboxylic acids is 1. The lowest BCUT2D eigenvalue weighted by molar-refractivity contribution is -0.136. The second-order valence-electron chi connectivity index (χ2n) is 4.75. The lowest BCUT2D eigenvalue weighted by atomic mass is 10.1. The van der Waals surface area contributed by atoms with Crippen LogP contribution in [0, 0.1) is 0 Å². The summed E-state index contributed by atoms with van der Waals surface area (Å²) in [5, 5.41) is 14.7. The van der Waals surface area contributed by atoms with Crippen LogP contribution in [0.2, 0.25) is 0 Å². The van der Waals surface area contributed by atoms with Gasteiger partial charge in [-0.15, -0.1) is 0 Å². The van der Waals surface area contributed by atoms with Gasteiger partial charge in [0.25, 0.3) is 0 Å². The monoisotopic (exact) mass is 278 g/mol. The van der Waals surface area contributed by atoms with Crippen LogP contribution >= 0.6 is 0 Å². The Balaban J connectivity index is 1.88. The first kappa shape index (κ1) is 14.5. The van der Waals surface area contributed by atoms with Crippen molar-refractivity contribution < 1.29 is 19.4 Å². The third kappa shape index (κ3) is 4.64. The van der Waals surface area contributed by atoms with Crippen LogP contribution in [-0.2, 0) is 20.7 Å². The summed E-state index contributed by atoms with van der Waals surface area (Å²) >= 11 is 0. The molecule has 20 heavy (non-hydrogen) atoms. The number of hydrogen-bond donors (Lipinski definition) is 3. The van der Waals surface area contributed by atoms with Crippen molar-refractivity contribution in [2.45, 2.75) is 18.9 Å². The van der Waals surface area contributed by atoms with E-state index in [9.17, 15) is 9.59 Å². The van der Waals surface area contributed by atoms with E-state index < -0.39 is 5.97 Å². The smallest absolute Gasteiger partial charge is 0.307 e. The molecule has 1 saturated heterocycles. The van der Waals surface area contributed by atoms with Gasteiger partial charge in [0.2, 0.25) is 5.91 Å².